The molecule has 1 fully saturated rings. The molecule has 1 aliphatic heterocycles. The Balaban J connectivity index is 1.51. The maximum atomic E-state index is 12.3. The van der Waals surface area contributed by atoms with Gasteiger partial charge in [-0.1, -0.05) is 31.2 Å². The maximum absolute atomic E-state index is 12.3. The topological polar surface area (TPSA) is 41.6 Å². The molecule has 1 atom stereocenters. The van der Waals surface area contributed by atoms with Crippen molar-refractivity contribution < 1.29 is 9.53 Å². The number of hydrogen-bond donors (Lipinski definition) is 1. The molecule has 0 saturated carbocycles. The van der Waals surface area contributed by atoms with Crippen LogP contribution < -0.4 is 15.0 Å². The number of anilines is 1. The van der Waals surface area contributed by atoms with Crippen molar-refractivity contribution in [1.29, 1.82) is 0 Å². The molecule has 1 N–H and O–H groups in total. The van der Waals surface area contributed by atoms with Gasteiger partial charge in [0.15, 0.2) is 6.61 Å². The molecule has 0 aliphatic carbocycles. The predicted octanol–water partition coefficient (Wildman–Crippen LogP) is 4.80. The van der Waals surface area contributed by atoms with Gasteiger partial charge in [0.05, 0.1) is 6.04 Å². The molecular formula is C24H32N2O2. The smallest absolute Gasteiger partial charge is 0.258 e. The highest BCUT2D eigenvalue weighted by molar-refractivity contribution is 5.78. The quantitative estimate of drug-likeness (QED) is 0.783. The lowest BCUT2D eigenvalue weighted by Crippen LogP contribution is -2.33. The zero-order valence-electron chi connectivity index (χ0n) is 17.5. The Bertz CT molecular complexity index is 793. The molecule has 1 aliphatic rings. The summed E-state index contributed by atoms with van der Waals surface area (Å²) in [7, 11) is 0. The number of hydrogen-bond acceptors (Lipinski definition) is 3. The van der Waals surface area contributed by atoms with E-state index in [-0.39, 0.29) is 18.6 Å². The van der Waals surface area contributed by atoms with Crippen LogP contribution in [-0.2, 0) is 4.79 Å². The van der Waals surface area contributed by atoms with Crippen molar-refractivity contribution in [1.82, 2.24) is 5.32 Å². The Morgan fingerprint density at radius 1 is 1.14 bits per heavy atom. The van der Waals surface area contributed by atoms with E-state index in [9.17, 15) is 4.79 Å². The molecule has 0 unspecified atom stereocenters. The van der Waals surface area contributed by atoms with E-state index < -0.39 is 0 Å². The summed E-state index contributed by atoms with van der Waals surface area (Å²) in [6, 6.07) is 14.5. The number of carbonyl (C=O) groups is 1. The average Bonchev–Trinajstić information content (AvgIpc) is 2.69. The first-order valence-electron chi connectivity index (χ1n) is 10.3. The summed E-state index contributed by atoms with van der Waals surface area (Å²) >= 11 is 0. The van der Waals surface area contributed by atoms with Gasteiger partial charge in [0.1, 0.15) is 5.75 Å². The zero-order chi connectivity index (χ0) is 20.1. The molecule has 150 valence electrons. The lowest BCUT2D eigenvalue weighted by molar-refractivity contribution is -0.123. The van der Waals surface area contributed by atoms with Crippen molar-refractivity contribution in [3.05, 3.63) is 59.2 Å². The van der Waals surface area contributed by atoms with Crippen LogP contribution in [0.2, 0.25) is 0 Å². The van der Waals surface area contributed by atoms with E-state index in [2.05, 4.69) is 41.4 Å². The molecule has 3 rings (SSSR count). The molecule has 1 amide bonds. The van der Waals surface area contributed by atoms with Crippen LogP contribution in [0.25, 0.3) is 0 Å². The van der Waals surface area contributed by atoms with Crippen LogP contribution in [-0.4, -0.2) is 25.6 Å². The van der Waals surface area contributed by atoms with Crippen molar-refractivity contribution in [3.8, 4) is 5.75 Å². The normalized spacial score (nSPS) is 15.9. The van der Waals surface area contributed by atoms with Crippen molar-refractivity contribution in [2.75, 3.05) is 24.6 Å². The first kappa shape index (κ1) is 20.2. The predicted molar refractivity (Wildman–Crippen MR) is 115 cm³/mol. The lowest BCUT2D eigenvalue weighted by Gasteiger charge is -2.32. The fourth-order valence-corrected chi connectivity index (χ4v) is 3.61. The third-order valence-electron chi connectivity index (χ3n) is 5.62. The number of nitrogens with zero attached hydrogens (tertiary/aromatic N) is 1. The minimum Gasteiger partial charge on any atom is -0.483 e. The Morgan fingerprint density at radius 2 is 1.82 bits per heavy atom. The molecule has 28 heavy (non-hydrogen) atoms. The van der Waals surface area contributed by atoms with E-state index in [4.69, 9.17) is 4.74 Å². The second-order valence-electron chi connectivity index (χ2n) is 8.11. The minimum atomic E-state index is -0.109. The van der Waals surface area contributed by atoms with Crippen LogP contribution >= 0.6 is 0 Å². The fourth-order valence-electron chi connectivity index (χ4n) is 3.61. The second kappa shape index (κ2) is 9.13. The summed E-state index contributed by atoms with van der Waals surface area (Å²) in [5, 5.41) is 3.03. The molecule has 0 spiro atoms. The van der Waals surface area contributed by atoms with E-state index in [1.54, 1.807) is 0 Å². The zero-order valence-corrected chi connectivity index (χ0v) is 17.5. The number of piperidine rings is 1. The molecule has 1 saturated heterocycles. The van der Waals surface area contributed by atoms with Crippen LogP contribution in [0.4, 0.5) is 5.69 Å². The molecular weight excluding hydrogens is 348 g/mol. The highest BCUT2D eigenvalue weighted by Gasteiger charge is 2.16. The monoisotopic (exact) mass is 380 g/mol. The van der Waals surface area contributed by atoms with Gasteiger partial charge < -0.3 is 15.0 Å². The molecule has 2 aromatic rings. The highest BCUT2D eigenvalue weighted by atomic mass is 16.5. The number of amides is 1. The Kier molecular flexibility index (Phi) is 6.61. The van der Waals surface area contributed by atoms with Gasteiger partial charge in [-0.3, -0.25) is 4.79 Å². The molecule has 0 radical (unpaired) electrons. The summed E-state index contributed by atoms with van der Waals surface area (Å²) in [6.45, 7) is 10.6. The number of carbonyl (C=O) groups excluding carboxylic acids is 1. The van der Waals surface area contributed by atoms with Crippen molar-refractivity contribution in [3.63, 3.8) is 0 Å². The van der Waals surface area contributed by atoms with Gasteiger partial charge in [0.25, 0.3) is 5.91 Å². The van der Waals surface area contributed by atoms with Gasteiger partial charge in [-0.2, -0.15) is 0 Å². The first-order valence-corrected chi connectivity index (χ1v) is 10.3. The van der Waals surface area contributed by atoms with Crippen molar-refractivity contribution in [2.24, 2.45) is 5.92 Å². The number of ether oxygens (including phenoxy) is 1. The van der Waals surface area contributed by atoms with E-state index >= 15 is 0 Å². The molecule has 1 heterocycles. The van der Waals surface area contributed by atoms with Gasteiger partial charge in [-0.25, -0.2) is 0 Å². The molecule has 2 aromatic carbocycles. The van der Waals surface area contributed by atoms with Crippen LogP contribution in [0.15, 0.2) is 42.5 Å². The molecule has 4 nitrogen and oxygen atoms in total. The van der Waals surface area contributed by atoms with Crippen molar-refractivity contribution >= 4 is 11.6 Å². The van der Waals surface area contributed by atoms with Crippen LogP contribution in [0.3, 0.4) is 0 Å². The molecule has 0 aromatic heterocycles. The van der Waals surface area contributed by atoms with Crippen LogP contribution in [0.1, 0.15) is 49.4 Å². The third kappa shape index (κ3) is 5.28. The van der Waals surface area contributed by atoms with Gasteiger partial charge in [-0.15, -0.1) is 0 Å². The van der Waals surface area contributed by atoms with Crippen LogP contribution in [0, 0.1) is 19.8 Å². The van der Waals surface area contributed by atoms with Gasteiger partial charge in [0, 0.05) is 18.8 Å². The number of nitrogens with one attached hydrogen (secondary N) is 1. The maximum Gasteiger partial charge on any atom is 0.258 e. The summed E-state index contributed by atoms with van der Waals surface area (Å²) in [5.74, 6) is 1.49. The van der Waals surface area contributed by atoms with Gasteiger partial charge in [0.2, 0.25) is 0 Å². The van der Waals surface area contributed by atoms with Crippen molar-refractivity contribution in [2.45, 2.75) is 46.6 Å². The van der Waals surface area contributed by atoms with E-state index in [1.807, 2.05) is 39.0 Å². The Hall–Kier alpha value is -2.49. The largest absolute Gasteiger partial charge is 0.483 e. The lowest BCUT2D eigenvalue weighted by atomic mass is 9.98. The number of benzene rings is 2. The second-order valence-corrected chi connectivity index (χ2v) is 8.11. The van der Waals surface area contributed by atoms with Gasteiger partial charge in [-0.05, 0) is 74.4 Å². The first-order chi connectivity index (χ1) is 13.4. The summed E-state index contributed by atoms with van der Waals surface area (Å²) in [4.78, 5) is 14.7. The van der Waals surface area contributed by atoms with E-state index in [0.29, 0.717) is 0 Å². The Morgan fingerprint density at radius 3 is 2.50 bits per heavy atom. The summed E-state index contributed by atoms with van der Waals surface area (Å²) < 4.78 is 5.70. The SMILES string of the molecule is Cc1ccc(C)c(OCC(=O)N[C@@H](C)c2ccc(N3CCC(C)CC3)cc2)c1. The fraction of sp³-hybridized carbons (Fsp3) is 0.458. The van der Waals surface area contributed by atoms with E-state index in [1.165, 1.54) is 18.5 Å². The number of rotatable bonds is 6. The minimum absolute atomic E-state index is 0.0265. The standard InChI is InChI=1S/C24H32N2O2/c1-17-11-13-26(14-12-17)22-9-7-21(8-10-22)20(4)25-24(27)16-28-23-15-18(2)5-6-19(23)3/h5-10,15,17,20H,11-14,16H2,1-4H3,(H,25,27)/t20-/m0/s1. The molecule has 4 heteroatoms. The summed E-state index contributed by atoms with van der Waals surface area (Å²) in [5.41, 5.74) is 4.54. The highest BCUT2D eigenvalue weighted by Crippen LogP contribution is 2.24. The molecule has 0 bridgehead atoms. The Labute approximate surface area is 168 Å². The average molecular weight is 381 g/mol. The van der Waals surface area contributed by atoms with Crippen LogP contribution in [0.5, 0.6) is 5.75 Å². The number of aryl methyl sites for hydroxylation is 2. The summed E-state index contributed by atoms with van der Waals surface area (Å²) in [6.07, 6.45) is 2.52. The van der Waals surface area contributed by atoms with Gasteiger partial charge >= 0.3 is 0 Å². The third-order valence-corrected chi connectivity index (χ3v) is 5.62. The van der Waals surface area contributed by atoms with E-state index in [0.717, 1.165) is 41.4 Å².